The second-order valence-electron chi connectivity index (χ2n) is 5.87. The highest BCUT2D eigenvalue weighted by molar-refractivity contribution is 5.95. The van der Waals surface area contributed by atoms with Crippen LogP contribution >= 0.6 is 0 Å². The molecule has 0 fully saturated rings. The molecule has 0 bridgehead atoms. The number of aliphatic hydroxyl groups is 1. The molecule has 0 saturated heterocycles. The van der Waals surface area contributed by atoms with Crippen molar-refractivity contribution in [3.05, 3.63) is 29.3 Å². The third-order valence-electron chi connectivity index (χ3n) is 2.71. The molecule has 0 aliphatic carbocycles. The van der Waals surface area contributed by atoms with Gasteiger partial charge in [-0.05, 0) is 24.0 Å². The summed E-state index contributed by atoms with van der Waals surface area (Å²) in [6.45, 7) is 5.40. The van der Waals surface area contributed by atoms with E-state index >= 15 is 0 Å². The minimum absolute atomic E-state index is 0.170. The van der Waals surface area contributed by atoms with Gasteiger partial charge in [0.25, 0.3) is 5.91 Å². The molecule has 1 aromatic rings. The van der Waals surface area contributed by atoms with Crippen LogP contribution in [0, 0.1) is 17.0 Å². The lowest BCUT2D eigenvalue weighted by molar-refractivity contribution is 0.0888. The molecule has 1 atom stereocenters. The predicted octanol–water partition coefficient (Wildman–Crippen LogP) is 2.20. The summed E-state index contributed by atoms with van der Waals surface area (Å²) >= 11 is 0. The summed E-state index contributed by atoms with van der Waals surface area (Å²) in [5.74, 6) is -4.17. The van der Waals surface area contributed by atoms with E-state index in [1.54, 1.807) is 0 Å². The molecule has 0 aliphatic heterocycles. The van der Waals surface area contributed by atoms with E-state index in [0.717, 1.165) is 12.1 Å². The number of amides is 1. The molecule has 0 aliphatic rings. The number of rotatable bonds is 4. The third kappa shape index (κ3) is 4.16. The summed E-state index contributed by atoms with van der Waals surface area (Å²) in [4.78, 5) is 11.9. The highest BCUT2D eigenvalue weighted by Gasteiger charge is 2.25. The number of aromatic hydroxyl groups is 1. The van der Waals surface area contributed by atoms with Crippen LogP contribution in [0.2, 0.25) is 0 Å². The van der Waals surface area contributed by atoms with E-state index in [9.17, 15) is 23.8 Å². The Kier molecular flexibility index (Phi) is 5.05. The smallest absolute Gasteiger partial charge is 0.257 e. The largest absolute Gasteiger partial charge is 0.505 e. The number of aliphatic hydroxyl groups excluding tert-OH is 1. The van der Waals surface area contributed by atoms with E-state index in [1.165, 1.54) is 0 Å². The van der Waals surface area contributed by atoms with Gasteiger partial charge in [0.2, 0.25) is 0 Å². The Bertz CT molecular complexity index is 498. The number of benzene rings is 1. The first-order valence-corrected chi connectivity index (χ1v) is 6.24. The fraction of sp³-hybridized carbons (Fsp3) is 0.500. The van der Waals surface area contributed by atoms with Crippen LogP contribution in [0.1, 0.15) is 37.6 Å². The molecule has 0 unspecified atom stereocenters. The van der Waals surface area contributed by atoms with Gasteiger partial charge < -0.3 is 15.5 Å². The van der Waals surface area contributed by atoms with Crippen LogP contribution in [-0.4, -0.2) is 28.8 Å². The van der Waals surface area contributed by atoms with Gasteiger partial charge in [0.05, 0.1) is 12.6 Å². The Morgan fingerprint density at radius 1 is 1.35 bits per heavy atom. The first-order chi connectivity index (χ1) is 9.15. The lowest BCUT2D eigenvalue weighted by Gasteiger charge is -2.25. The molecule has 3 N–H and O–H groups in total. The summed E-state index contributed by atoms with van der Waals surface area (Å²) in [7, 11) is 0. The van der Waals surface area contributed by atoms with Crippen LogP contribution < -0.4 is 5.32 Å². The second kappa shape index (κ2) is 6.17. The van der Waals surface area contributed by atoms with Gasteiger partial charge in [-0.2, -0.15) is 0 Å². The number of phenolic OH excluding ortho intramolecular Hbond substituents is 1. The Labute approximate surface area is 116 Å². The molecular weight excluding hydrogens is 268 g/mol. The van der Waals surface area contributed by atoms with Crippen molar-refractivity contribution < 1.29 is 23.8 Å². The van der Waals surface area contributed by atoms with Gasteiger partial charge in [-0.1, -0.05) is 20.8 Å². The van der Waals surface area contributed by atoms with Crippen molar-refractivity contribution in [3.8, 4) is 5.75 Å². The number of phenols is 1. The molecule has 0 radical (unpaired) electrons. The number of halogens is 2. The number of carbonyl (C=O) groups is 1. The highest BCUT2D eigenvalue weighted by atomic mass is 19.1. The Hall–Kier alpha value is -1.69. The Balaban J connectivity index is 2.93. The van der Waals surface area contributed by atoms with E-state index in [0.29, 0.717) is 6.42 Å². The number of hydrogen-bond donors (Lipinski definition) is 3. The van der Waals surface area contributed by atoms with E-state index in [-0.39, 0.29) is 12.0 Å². The minimum Gasteiger partial charge on any atom is -0.505 e. The average molecular weight is 287 g/mol. The van der Waals surface area contributed by atoms with Crippen molar-refractivity contribution in [2.75, 3.05) is 6.61 Å². The zero-order valence-electron chi connectivity index (χ0n) is 11.7. The molecule has 4 nitrogen and oxygen atoms in total. The van der Waals surface area contributed by atoms with Gasteiger partial charge in [-0.25, -0.2) is 8.78 Å². The zero-order chi connectivity index (χ0) is 15.5. The van der Waals surface area contributed by atoms with Gasteiger partial charge >= 0.3 is 0 Å². The van der Waals surface area contributed by atoms with Crippen LogP contribution in [0.15, 0.2) is 12.1 Å². The maximum Gasteiger partial charge on any atom is 0.257 e. The molecule has 112 valence electrons. The first-order valence-electron chi connectivity index (χ1n) is 6.24. The van der Waals surface area contributed by atoms with Crippen molar-refractivity contribution >= 4 is 5.91 Å². The van der Waals surface area contributed by atoms with Crippen molar-refractivity contribution in [2.45, 2.75) is 33.2 Å². The standard InChI is InChI=1S/C14H19F2NO3/c1-14(2,3)6-8(7-18)17-13(20)11-9(15)4-5-10(19)12(11)16/h4-5,8,18-19H,6-7H2,1-3H3,(H,17,20)/t8-/m1/s1. The van der Waals surface area contributed by atoms with Gasteiger partial charge in [-0.15, -0.1) is 0 Å². The van der Waals surface area contributed by atoms with Gasteiger partial charge in [0.1, 0.15) is 11.4 Å². The molecule has 1 amide bonds. The van der Waals surface area contributed by atoms with Crippen LogP contribution in [0.25, 0.3) is 0 Å². The normalized spacial score (nSPS) is 13.1. The van der Waals surface area contributed by atoms with Gasteiger partial charge in [0, 0.05) is 0 Å². The van der Waals surface area contributed by atoms with Crippen LogP contribution in [0.5, 0.6) is 5.75 Å². The lowest BCUT2D eigenvalue weighted by Crippen LogP contribution is -2.40. The van der Waals surface area contributed by atoms with E-state index in [2.05, 4.69) is 5.32 Å². The molecule has 0 spiro atoms. The molecule has 1 aromatic carbocycles. The zero-order valence-corrected chi connectivity index (χ0v) is 11.7. The number of carbonyl (C=O) groups excluding carboxylic acids is 1. The molecule has 0 heterocycles. The van der Waals surface area contributed by atoms with Crippen LogP contribution in [0.4, 0.5) is 8.78 Å². The predicted molar refractivity (Wildman–Crippen MR) is 70.4 cm³/mol. The number of nitrogens with one attached hydrogen (secondary N) is 1. The first kappa shape index (κ1) is 16.4. The Morgan fingerprint density at radius 3 is 2.45 bits per heavy atom. The second-order valence-corrected chi connectivity index (χ2v) is 5.87. The van der Waals surface area contributed by atoms with Crippen molar-refractivity contribution in [2.24, 2.45) is 5.41 Å². The quantitative estimate of drug-likeness (QED) is 0.795. The fourth-order valence-electron chi connectivity index (χ4n) is 1.91. The van der Waals surface area contributed by atoms with Crippen molar-refractivity contribution in [1.82, 2.24) is 5.32 Å². The molecule has 0 aromatic heterocycles. The number of hydrogen-bond acceptors (Lipinski definition) is 3. The average Bonchev–Trinajstić information content (AvgIpc) is 2.32. The molecule has 20 heavy (non-hydrogen) atoms. The summed E-state index contributed by atoms with van der Waals surface area (Å²) < 4.78 is 27.1. The molecule has 6 heteroatoms. The summed E-state index contributed by atoms with van der Waals surface area (Å²) in [6.07, 6.45) is 0.442. The van der Waals surface area contributed by atoms with E-state index in [1.807, 2.05) is 20.8 Å². The lowest BCUT2D eigenvalue weighted by atomic mass is 9.88. The highest BCUT2D eigenvalue weighted by Crippen LogP contribution is 2.23. The SMILES string of the molecule is CC(C)(C)C[C@H](CO)NC(=O)c1c(F)ccc(O)c1F. The maximum absolute atomic E-state index is 13.6. The molecule has 0 saturated carbocycles. The van der Waals surface area contributed by atoms with Gasteiger partial charge in [0.15, 0.2) is 11.6 Å². The van der Waals surface area contributed by atoms with E-state index < -0.39 is 34.9 Å². The third-order valence-corrected chi connectivity index (χ3v) is 2.71. The van der Waals surface area contributed by atoms with E-state index in [4.69, 9.17) is 0 Å². The summed E-state index contributed by atoms with van der Waals surface area (Å²) in [5, 5.41) is 20.8. The maximum atomic E-state index is 13.6. The Morgan fingerprint density at radius 2 is 1.95 bits per heavy atom. The minimum atomic E-state index is -1.31. The molecular formula is C14H19F2NO3. The monoisotopic (exact) mass is 287 g/mol. The van der Waals surface area contributed by atoms with Crippen LogP contribution in [0.3, 0.4) is 0 Å². The fourth-order valence-corrected chi connectivity index (χ4v) is 1.91. The summed E-state index contributed by atoms with van der Waals surface area (Å²) in [5.41, 5.74) is -1.02. The van der Waals surface area contributed by atoms with Gasteiger partial charge in [-0.3, -0.25) is 4.79 Å². The topological polar surface area (TPSA) is 69.6 Å². The summed E-state index contributed by atoms with van der Waals surface area (Å²) in [6, 6.07) is 1.02. The van der Waals surface area contributed by atoms with Crippen molar-refractivity contribution in [3.63, 3.8) is 0 Å². The van der Waals surface area contributed by atoms with Crippen LogP contribution in [-0.2, 0) is 0 Å². The van der Waals surface area contributed by atoms with Crippen molar-refractivity contribution in [1.29, 1.82) is 0 Å². The molecule has 1 rings (SSSR count).